The van der Waals surface area contributed by atoms with Gasteiger partial charge in [-0.2, -0.15) is 0 Å². The van der Waals surface area contributed by atoms with Gasteiger partial charge >= 0.3 is 0 Å². The molecule has 1 amide bonds. The van der Waals surface area contributed by atoms with Gasteiger partial charge in [0.1, 0.15) is 5.75 Å². The van der Waals surface area contributed by atoms with Crippen molar-refractivity contribution in [3.63, 3.8) is 0 Å². The number of hydrogen-bond donors (Lipinski definition) is 3. The number of aromatic amines is 2. The Morgan fingerprint density at radius 3 is 3.00 bits per heavy atom. The average Bonchev–Trinajstić information content (AvgIpc) is 3.18. The second kappa shape index (κ2) is 4.24. The molecule has 0 saturated carbocycles. The molecule has 0 fully saturated rings. The summed E-state index contributed by atoms with van der Waals surface area (Å²) in [5.74, 6) is 0.551. The van der Waals surface area contributed by atoms with Gasteiger partial charge in [-0.05, 0) is 24.3 Å². The van der Waals surface area contributed by atoms with E-state index in [0.29, 0.717) is 11.3 Å². The minimum atomic E-state index is -0.142. The highest BCUT2D eigenvalue weighted by Gasteiger charge is 2.27. The molecule has 0 saturated heterocycles. The van der Waals surface area contributed by atoms with Crippen LogP contribution < -0.4 is 10.1 Å². The molecule has 0 bridgehead atoms. The maximum absolute atomic E-state index is 12.3. The Morgan fingerprint density at radius 1 is 1.24 bits per heavy atom. The van der Waals surface area contributed by atoms with Gasteiger partial charge in [-0.15, -0.1) is 0 Å². The molecular formula is C15H12N4O2. The number of methoxy groups -OCH3 is 1. The van der Waals surface area contributed by atoms with E-state index in [0.717, 1.165) is 28.0 Å². The Kier molecular flexibility index (Phi) is 2.38. The number of aromatic nitrogens is 3. The van der Waals surface area contributed by atoms with Crippen molar-refractivity contribution >= 4 is 34.3 Å². The third-order valence-corrected chi connectivity index (χ3v) is 3.60. The second-order valence-corrected chi connectivity index (χ2v) is 4.76. The van der Waals surface area contributed by atoms with Gasteiger partial charge in [0.2, 0.25) is 0 Å². The fourth-order valence-corrected chi connectivity index (χ4v) is 2.63. The van der Waals surface area contributed by atoms with Gasteiger partial charge in [-0.25, -0.2) is 4.98 Å². The number of anilines is 1. The van der Waals surface area contributed by atoms with E-state index in [1.807, 2.05) is 18.2 Å². The topological polar surface area (TPSA) is 82.8 Å². The van der Waals surface area contributed by atoms with Gasteiger partial charge in [0.05, 0.1) is 41.4 Å². The number of nitrogens with one attached hydrogen (secondary N) is 3. The summed E-state index contributed by atoms with van der Waals surface area (Å²) in [6, 6.07) is 5.59. The Morgan fingerprint density at radius 2 is 2.14 bits per heavy atom. The third-order valence-electron chi connectivity index (χ3n) is 3.60. The van der Waals surface area contributed by atoms with Crippen LogP contribution in [0, 0.1) is 0 Å². The lowest BCUT2D eigenvalue weighted by Crippen LogP contribution is -2.03. The van der Waals surface area contributed by atoms with E-state index < -0.39 is 0 Å². The van der Waals surface area contributed by atoms with E-state index in [-0.39, 0.29) is 5.91 Å². The standard InChI is InChI=1S/C15H12N4O2/c1-21-12-4-5-16-11(12)6-8-13-9(19-15(8)20)2-3-10-14(13)18-7-17-10/h2-7,16H,1H3,(H,17,18)(H,19,20). The first-order valence-corrected chi connectivity index (χ1v) is 6.49. The maximum atomic E-state index is 12.3. The summed E-state index contributed by atoms with van der Waals surface area (Å²) in [6.45, 7) is 0. The van der Waals surface area contributed by atoms with Gasteiger partial charge in [-0.1, -0.05) is 0 Å². The third kappa shape index (κ3) is 1.66. The predicted octanol–water partition coefficient (Wildman–Crippen LogP) is 2.39. The predicted molar refractivity (Wildman–Crippen MR) is 79.9 cm³/mol. The highest BCUT2D eigenvalue weighted by molar-refractivity contribution is 6.37. The highest BCUT2D eigenvalue weighted by Crippen LogP contribution is 2.38. The van der Waals surface area contributed by atoms with Crippen LogP contribution in [-0.2, 0) is 4.79 Å². The molecule has 3 heterocycles. The zero-order chi connectivity index (χ0) is 14.4. The van der Waals surface area contributed by atoms with Crippen molar-refractivity contribution in [2.75, 3.05) is 12.4 Å². The Balaban J connectivity index is 1.96. The van der Waals surface area contributed by atoms with Crippen molar-refractivity contribution in [3.05, 3.63) is 42.0 Å². The summed E-state index contributed by atoms with van der Waals surface area (Å²) in [7, 11) is 1.60. The zero-order valence-electron chi connectivity index (χ0n) is 11.2. The monoisotopic (exact) mass is 280 g/mol. The van der Waals surface area contributed by atoms with E-state index in [1.54, 1.807) is 25.7 Å². The number of imidazole rings is 1. The number of fused-ring (bicyclic) bond motifs is 3. The molecule has 4 rings (SSSR count). The van der Waals surface area contributed by atoms with Crippen LogP contribution in [0.15, 0.2) is 30.7 Å². The van der Waals surface area contributed by atoms with Gasteiger partial charge in [0.25, 0.3) is 5.91 Å². The highest BCUT2D eigenvalue weighted by atomic mass is 16.5. The van der Waals surface area contributed by atoms with Crippen LogP contribution in [0.1, 0.15) is 11.3 Å². The normalized spacial score (nSPS) is 15.5. The lowest BCUT2D eigenvalue weighted by Gasteiger charge is -2.01. The van der Waals surface area contributed by atoms with Crippen molar-refractivity contribution in [3.8, 4) is 5.75 Å². The quantitative estimate of drug-likeness (QED) is 0.630. The van der Waals surface area contributed by atoms with Gasteiger partial charge in [-0.3, -0.25) is 4.79 Å². The number of rotatable bonds is 2. The summed E-state index contributed by atoms with van der Waals surface area (Å²) >= 11 is 0. The molecule has 2 aromatic heterocycles. The van der Waals surface area contributed by atoms with Gasteiger partial charge in [0, 0.05) is 11.8 Å². The van der Waals surface area contributed by atoms with E-state index in [2.05, 4.69) is 20.3 Å². The van der Waals surface area contributed by atoms with Crippen LogP contribution in [0.3, 0.4) is 0 Å². The van der Waals surface area contributed by atoms with Crippen molar-refractivity contribution in [1.29, 1.82) is 0 Å². The maximum Gasteiger partial charge on any atom is 0.256 e. The first-order chi connectivity index (χ1) is 10.3. The number of carbonyl (C=O) groups excluding carboxylic acids is 1. The minimum absolute atomic E-state index is 0.142. The summed E-state index contributed by atoms with van der Waals surface area (Å²) in [6.07, 6.45) is 5.18. The molecule has 21 heavy (non-hydrogen) atoms. The largest absolute Gasteiger partial charge is 0.495 e. The van der Waals surface area contributed by atoms with Crippen LogP contribution >= 0.6 is 0 Å². The molecule has 104 valence electrons. The number of ether oxygens (including phenoxy) is 1. The first kappa shape index (κ1) is 11.8. The molecule has 3 aromatic rings. The van der Waals surface area contributed by atoms with E-state index in [1.165, 1.54) is 0 Å². The molecule has 0 radical (unpaired) electrons. The molecule has 0 unspecified atom stereocenters. The fourth-order valence-electron chi connectivity index (χ4n) is 2.63. The number of nitrogens with zero attached hydrogens (tertiary/aromatic N) is 1. The van der Waals surface area contributed by atoms with Crippen LogP contribution in [0.5, 0.6) is 5.75 Å². The van der Waals surface area contributed by atoms with Crippen LogP contribution in [0.4, 0.5) is 5.69 Å². The lowest BCUT2D eigenvalue weighted by atomic mass is 10.0. The number of H-pyrrole nitrogens is 2. The molecule has 6 heteroatoms. The van der Waals surface area contributed by atoms with Crippen molar-refractivity contribution < 1.29 is 9.53 Å². The van der Waals surface area contributed by atoms with Gasteiger partial charge in [0.15, 0.2) is 0 Å². The average molecular weight is 280 g/mol. The number of carbonyl (C=O) groups is 1. The zero-order valence-corrected chi connectivity index (χ0v) is 11.2. The summed E-state index contributed by atoms with van der Waals surface area (Å²) in [4.78, 5) is 22.7. The first-order valence-electron chi connectivity index (χ1n) is 6.49. The number of amides is 1. The Labute approximate surface area is 119 Å². The molecule has 6 nitrogen and oxygen atoms in total. The fraction of sp³-hybridized carbons (Fsp3) is 0.0667. The number of hydrogen-bond acceptors (Lipinski definition) is 3. The molecule has 0 atom stereocenters. The second-order valence-electron chi connectivity index (χ2n) is 4.76. The Hall–Kier alpha value is -3.02. The van der Waals surface area contributed by atoms with Crippen molar-refractivity contribution in [2.45, 2.75) is 0 Å². The minimum Gasteiger partial charge on any atom is -0.495 e. The van der Waals surface area contributed by atoms with Crippen molar-refractivity contribution in [1.82, 2.24) is 15.0 Å². The summed E-state index contributed by atoms with van der Waals surface area (Å²) < 4.78 is 5.26. The van der Waals surface area contributed by atoms with E-state index >= 15 is 0 Å². The van der Waals surface area contributed by atoms with E-state index in [4.69, 9.17) is 4.74 Å². The van der Waals surface area contributed by atoms with Crippen LogP contribution in [-0.4, -0.2) is 28.0 Å². The molecule has 1 aliphatic rings. The molecule has 0 spiro atoms. The molecular weight excluding hydrogens is 268 g/mol. The molecule has 0 aliphatic carbocycles. The lowest BCUT2D eigenvalue weighted by molar-refractivity contribution is -0.110. The summed E-state index contributed by atoms with van der Waals surface area (Å²) in [5.41, 5.74) is 4.59. The van der Waals surface area contributed by atoms with Gasteiger partial charge < -0.3 is 20.0 Å². The molecule has 1 aliphatic heterocycles. The van der Waals surface area contributed by atoms with E-state index in [9.17, 15) is 4.79 Å². The van der Waals surface area contributed by atoms with Crippen LogP contribution in [0.25, 0.3) is 22.7 Å². The molecule has 3 N–H and O–H groups in total. The van der Waals surface area contributed by atoms with Crippen LogP contribution in [0.2, 0.25) is 0 Å². The van der Waals surface area contributed by atoms with Crippen molar-refractivity contribution in [2.24, 2.45) is 0 Å². The smallest absolute Gasteiger partial charge is 0.256 e. The Bertz CT molecular complexity index is 888. The molecule has 1 aromatic carbocycles. The summed E-state index contributed by atoms with van der Waals surface area (Å²) in [5, 5.41) is 2.86. The SMILES string of the molecule is COc1cc[nH]c1C=C1C(=O)Nc2ccc3[nH]cnc3c21. The number of benzene rings is 1.